The summed E-state index contributed by atoms with van der Waals surface area (Å²) in [6.07, 6.45) is 0. The number of amides is 3. The number of nitrogens with one attached hydrogen (secondary N) is 2. The van der Waals surface area contributed by atoms with E-state index >= 15 is 0 Å². The van der Waals surface area contributed by atoms with Gasteiger partial charge in [-0.15, -0.1) is 0 Å². The summed E-state index contributed by atoms with van der Waals surface area (Å²) in [5.41, 5.74) is 6.06. The first-order valence-corrected chi connectivity index (χ1v) is 8.22. The zero-order valence-corrected chi connectivity index (χ0v) is 15.6. The second kappa shape index (κ2) is 7.33. The minimum Gasteiger partial charge on any atom is -0.368 e. The molecule has 0 bridgehead atoms. The lowest BCUT2D eigenvalue weighted by atomic mass is 9.92. The Balaban J connectivity index is 2.23. The van der Waals surface area contributed by atoms with Gasteiger partial charge >= 0.3 is 6.03 Å². The maximum absolute atomic E-state index is 12.3. The highest BCUT2D eigenvalue weighted by Crippen LogP contribution is 2.30. The molecule has 2 aromatic rings. The molecule has 2 rings (SSSR count). The number of halogens is 2. The van der Waals surface area contributed by atoms with Crippen LogP contribution in [0.25, 0.3) is 0 Å². The predicted molar refractivity (Wildman–Crippen MR) is 99.2 cm³/mol. The average molecular weight is 384 g/mol. The van der Waals surface area contributed by atoms with Gasteiger partial charge in [-0.05, 0) is 12.1 Å². The van der Waals surface area contributed by atoms with Gasteiger partial charge in [-0.25, -0.2) is 9.48 Å². The number of anilines is 2. The third kappa shape index (κ3) is 4.87. The van der Waals surface area contributed by atoms with Gasteiger partial charge in [0.05, 0.1) is 21.4 Å². The molecule has 3 amide bonds. The Morgan fingerprint density at radius 3 is 2.52 bits per heavy atom. The second-order valence-electron chi connectivity index (χ2n) is 6.47. The number of urea groups is 1. The predicted octanol–water partition coefficient (Wildman–Crippen LogP) is 3.62. The largest absolute Gasteiger partial charge is 0.368 e. The number of carbonyl (C=O) groups is 2. The molecule has 7 nitrogen and oxygen atoms in total. The normalized spacial score (nSPS) is 11.2. The van der Waals surface area contributed by atoms with E-state index in [1.807, 2.05) is 20.8 Å². The molecule has 0 radical (unpaired) electrons. The van der Waals surface area contributed by atoms with Gasteiger partial charge in [0.2, 0.25) is 5.91 Å². The van der Waals surface area contributed by atoms with Gasteiger partial charge in [0.25, 0.3) is 0 Å². The van der Waals surface area contributed by atoms with Crippen LogP contribution in [0.4, 0.5) is 16.3 Å². The maximum Gasteiger partial charge on any atom is 0.324 e. The summed E-state index contributed by atoms with van der Waals surface area (Å²) in [6.45, 7) is 5.77. The lowest BCUT2D eigenvalue weighted by Gasteiger charge is -2.13. The summed E-state index contributed by atoms with van der Waals surface area (Å²) in [5, 5.41) is 10.2. The molecule has 9 heteroatoms. The molecule has 25 heavy (non-hydrogen) atoms. The fourth-order valence-corrected chi connectivity index (χ4v) is 2.37. The van der Waals surface area contributed by atoms with Crippen molar-refractivity contribution in [2.24, 2.45) is 5.73 Å². The van der Waals surface area contributed by atoms with Crippen LogP contribution in [0.2, 0.25) is 10.0 Å². The highest BCUT2D eigenvalue weighted by atomic mass is 35.5. The van der Waals surface area contributed by atoms with E-state index in [0.717, 1.165) is 0 Å². The van der Waals surface area contributed by atoms with Crippen molar-refractivity contribution in [2.75, 3.05) is 10.6 Å². The topological polar surface area (TPSA) is 102 Å². The lowest BCUT2D eigenvalue weighted by Crippen LogP contribution is -2.25. The van der Waals surface area contributed by atoms with Crippen molar-refractivity contribution in [3.8, 4) is 0 Å². The molecule has 0 fully saturated rings. The molecule has 0 aliphatic rings. The third-order valence-electron chi connectivity index (χ3n) is 3.30. The molecule has 0 atom stereocenters. The Hall–Kier alpha value is -2.25. The maximum atomic E-state index is 12.3. The molecule has 0 spiro atoms. The first-order chi connectivity index (χ1) is 11.6. The highest BCUT2D eigenvalue weighted by molar-refractivity contribution is 6.44. The smallest absolute Gasteiger partial charge is 0.324 e. The van der Waals surface area contributed by atoms with Crippen molar-refractivity contribution in [3.63, 3.8) is 0 Å². The minimum atomic E-state index is -0.565. The van der Waals surface area contributed by atoms with Crippen LogP contribution in [0.1, 0.15) is 26.5 Å². The summed E-state index contributed by atoms with van der Waals surface area (Å²) in [6, 6.07) is 6.05. The van der Waals surface area contributed by atoms with Crippen molar-refractivity contribution in [1.29, 1.82) is 0 Å². The quantitative estimate of drug-likeness (QED) is 0.750. The van der Waals surface area contributed by atoms with Gasteiger partial charge in [0.15, 0.2) is 0 Å². The molecule has 1 heterocycles. The van der Waals surface area contributed by atoms with Crippen LogP contribution in [0.3, 0.4) is 0 Å². The molecule has 0 unspecified atom stereocenters. The standard InChI is InChI=1S/C16H19Cl2N5O2/c1-16(2,3)11-7-13(23(22-11)8-12(19)24)21-15(25)20-10-6-4-5-9(17)14(10)18/h4-7H,8H2,1-3H3,(H2,19,24)(H2,20,21,25). The molecule has 0 aliphatic carbocycles. The fourth-order valence-electron chi connectivity index (χ4n) is 2.02. The van der Waals surface area contributed by atoms with Crippen LogP contribution in [-0.4, -0.2) is 21.7 Å². The number of nitrogens with two attached hydrogens (primary N) is 1. The van der Waals surface area contributed by atoms with E-state index in [9.17, 15) is 9.59 Å². The van der Waals surface area contributed by atoms with E-state index < -0.39 is 11.9 Å². The van der Waals surface area contributed by atoms with Crippen molar-refractivity contribution in [3.05, 3.63) is 40.0 Å². The van der Waals surface area contributed by atoms with Crippen LogP contribution in [0.5, 0.6) is 0 Å². The van der Waals surface area contributed by atoms with Gasteiger partial charge in [-0.2, -0.15) is 5.10 Å². The Morgan fingerprint density at radius 1 is 1.24 bits per heavy atom. The number of hydrogen-bond acceptors (Lipinski definition) is 3. The number of aromatic nitrogens is 2. The number of benzene rings is 1. The summed E-state index contributed by atoms with van der Waals surface area (Å²) < 4.78 is 1.35. The van der Waals surface area contributed by atoms with Crippen LogP contribution in [0, 0.1) is 0 Å². The van der Waals surface area contributed by atoms with Gasteiger partial charge in [-0.3, -0.25) is 10.1 Å². The van der Waals surface area contributed by atoms with Crippen LogP contribution in [0.15, 0.2) is 24.3 Å². The Morgan fingerprint density at radius 2 is 1.92 bits per heavy atom. The zero-order valence-electron chi connectivity index (χ0n) is 14.1. The minimum absolute atomic E-state index is 0.149. The number of primary amides is 1. The van der Waals surface area contributed by atoms with Crippen molar-refractivity contribution >= 4 is 46.6 Å². The number of nitrogens with zero attached hydrogens (tertiary/aromatic N) is 2. The Kier molecular flexibility index (Phi) is 5.59. The molecular formula is C16H19Cl2N5O2. The average Bonchev–Trinajstić information content (AvgIpc) is 2.86. The van der Waals surface area contributed by atoms with E-state index in [0.29, 0.717) is 22.2 Å². The number of hydrogen-bond donors (Lipinski definition) is 3. The summed E-state index contributed by atoms with van der Waals surface area (Å²) in [5.74, 6) is -0.218. The molecule has 0 saturated carbocycles. The molecule has 0 saturated heterocycles. The van der Waals surface area contributed by atoms with Crippen molar-refractivity contribution < 1.29 is 9.59 Å². The fraction of sp³-hybridized carbons (Fsp3) is 0.312. The van der Waals surface area contributed by atoms with E-state index in [4.69, 9.17) is 28.9 Å². The summed E-state index contributed by atoms with van der Waals surface area (Å²) in [7, 11) is 0. The molecule has 1 aromatic carbocycles. The summed E-state index contributed by atoms with van der Waals surface area (Å²) >= 11 is 12.0. The first kappa shape index (κ1) is 19.1. The van der Waals surface area contributed by atoms with Gasteiger partial charge < -0.3 is 11.1 Å². The van der Waals surface area contributed by atoms with Gasteiger partial charge in [-0.1, -0.05) is 50.0 Å². The van der Waals surface area contributed by atoms with Crippen LogP contribution >= 0.6 is 23.2 Å². The lowest BCUT2D eigenvalue weighted by molar-refractivity contribution is -0.118. The number of carbonyl (C=O) groups excluding carboxylic acids is 2. The van der Waals surface area contributed by atoms with E-state index in [-0.39, 0.29) is 17.0 Å². The molecule has 4 N–H and O–H groups in total. The monoisotopic (exact) mass is 383 g/mol. The Labute approximate surface area is 155 Å². The second-order valence-corrected chi connectivity index (χ2v) is 7.25. The van der Waals surface area contributed by atoms with E-state index in [1.54, 1.807) is 24.3 Å². The van der Waals surface area contributed by atoms with Crippen molar-refractivity contribution in [1.82, 2.24) is 9.78 Å². The first-order valence-electron chi connectivity index (χ1n) is 7.46. The third-order valence-corrected chi connectivity index (χ3v) is 4.11. The van der Waals surface area contributed by atoms with E-state index in [2.05, 4.69) is 15.7 Å². The number of rotatable bonds is 4. The summed E-state index contributed by atoms with van der Waals surface area (Å²) in [4.78, 5) is 23.5. The van der Waals surface area contributed by atoms with Gasteiger partial charge in [0, 0.05) is 11.5 Å². The molecule has 0 aliphatic heterocycles. The van der Waals surface area contributed by atoms with Crippen LogP contribution in [-0.2, 0) is 16.8 Å². The van der Waals surface area contributed by atoms with Gasteiger partial charge in [0.1, 0.15) is 12.4 Å². The molecular weight excluding hydrogens is 365 g/mol. The Bertz CT molecular complexity index is 811. The van der Waals surface area contributed by atoms with Crippen molar-refractivity contribution in [2.45, 2.75) is 32.7 Å². The highest BCUT2D eigenvalue weighted by Gasteiger charge is 2.21. The SMILES string of the molecule is CC(C)(C)c1cc(NC(=O)Nc2cccc(Cl)c2Cl)n(CC(N)=O)n1. The molecule has 134 valence electrons. The van der Waals surface area contributed by atoms with E-state index in [1.165, 1.54) is 4.68 Å². The van der Waals surface area contributed by atoms with Crippen LogP contribution < -0.4 is 16.4 Å². The zero-order chi connectivity index (χ0) is 18.8. The molecule has 1 aromatic heterocycles.